The molecule has 1 aliphatic heterocycles. The van der Waals surface area contributed by atoms with Gasteiger partial charge in [-0.3, -0.25) is 9.69 Å². The molecule has 1 atom stereocenters. The number of alkyl halides is 3. The molecule has 1 heterocycles. The molecule has 25 heavy (non-hydrogen) atoms. The van der Waals surface area contributed by atoms with Crippen LogP contribution in [0.1, 0.15) is 31.0 Å². The number of morpholine rings is 1. The molecule has 1 aromatic rings. The number of halogens is 3. The molecule has 0 aromatic heterocycles. The van der Waals surface area contributed by atoms with Gasteiger partial charge in [0, 0.05) is 19.6 Å². The molecule has 0 radical (unpaired) electrons. The summed E-state index contributed by atoms with van der Waals surface area (Å²) in [4.78, 5) is 14.1. The molecule has 0 bridgehead atoms. The molecule has 0 saturated carbocycles. The van der Waals surface area contributed by atoms with Crippen LogP contribution in [0.3, 0.4) is 0 Å². The van der Waals surface area contributed by atoms with Crippen molar-refractivity contribution < 1.29 is 22.7 Å². The van der Waals surface area contributed by atoms with Crippen LogP contribution in [0.4, 0.5) is 13.2 Å². The Morgan fingerprint density at radius 2 is 1.80 bits per heavy atom. The summed E-state index contributed by atoms with van der Waals surface area (Å²) in [6.07, 6.45) is -4.37. The fourth-order valence-corrected chi connectivity index (χ4v) is 2.66. The van der Waals surface area contributed by atoms with Crippen molar-refractivity contribution in [1.82, 2.24) is 10.2 Å². The number of ether oxygens (including phenoxy) is 1. The standard InChI is InChI=1S/C17H24F3N3O2/c1-16(2,21)15(24)22-11-14(23-7-9-25-10-8-23)12-3-5-13(6-4-12)17(18,19)20/h3-6,14H,7-11,21H2,1-2H3,(H,22,24). The number of carbonyl (C=O) groups excluding carboxylic acids is 1. The minimum absolute atomic E-state index is 0.238. The van der Waals surface area contributed by atoms with E-state index in [9.17, 15) is 18.0 Å². The molecule has 1 amide bonds. The Hall–Kier alpha value is -1.64. The minimum Gasteiger partial charge on any atom is -0.379 e. The summed E-state index contributed by atoms with van der Waals surface area (Å²) in [5.41, 5.74) is 4.78. The highest BCUT2D eigenvalue weighted by atomic mass is 19.4. The fourth-order valence-electron chi connectivity index (χ4n) is 2.66. The molecular weight excluding hydrogens is 335 g/mol. The van der Waals surface area contributed by atoms with E-state index in [1.54, 1.807) is 13.8 Å². The predicted molar refractivity (Wildman–Crippen MR) is 87.9 cm³/mol. The Balaban J connectivity index is 2.17. The normalized spacial score (nSPS) is 18.0. The lowest BCUT2D eigenvalue weighted by molar-refractivity contribution is -0.137. The van der Waals surface area contributed by atoms with Gasteiger partial charge in [0.2, 0.25) is 5.91 Å². The average molecular weight is 359 g/mol. The maximum atomic E-state index is 12.8. The molecular formula is C17H24F3N3O2. The lowest BCUT2D eigenvalue weighted by atomic mass is 10.0. The quantitative estimate of drug-likeness (QED) is 0.843. The van der Waals surface area contributed by atoms with Crippen molar-refractivity contribution in [2.24, 2.45) is 5.73 Å². The van der Waals surface area contributed by atoms with Gasteiger partial charge in [-0.1, -0.05) is 12.1 Å². The van der Waals surface area contributed by atoms with Gasteiger partial charge in [-0.15, -0.1) is 0 Å². The first-order chi connectivity index (χ1) is 11.6. The van der Waals surface area contributed by atoms with Crippen LogP contribution < -0.4 is 11.1 Å². The van der Waals surface area contributed by atoms with Gasteiger partial charge in [-0.05, 0) is 31.5 Å². The van der Waals surface area contributed by atoms with Crippen LogP contribution in [-0.2, 0) is 15.7 Å². The van der Waals surface area contributed by atoms with Gasteiger partial charge >= 0.3 is 6.18 Å². The zero-order valence-corrected chi connectivity index (χ0v) is 14.4. The number of nitrogens with zero attached hydrogens (tertiary/aromatic N) is 1. The number of rotatable bonds is 5. The number of benzene rings is 1. The molecule has 1 aromatic carbocycles. The van der Waals surface area contributed by atoms with Gasteiger partial charge < -0.3 is 15.8 Å². The number of carbonyl (C=O) groups is 1. The summed E-state index contributed by atoms with van der Waals surface area (Å²) in [7, 11) is 0. The third-order valence-corrected chi connectivity index (χ3v) is 4.15. The van der Waals surface area contributed by atoms with Crippen molar-refractivity contribution in [2.45, 2.75) is 31.6 Å². The maximum absolute atomic E-state index is 12.8. The maximum Gasteiger partial charge on any atom is 0.416 e. The smallest absolute Gasteiger partial charge is 0.379 e. The summed E-state index contributed by atoms with van der Waals surface area (Å²) in [5.74, 6) is -0.308. The van der Waals surface area contributed by atoms with Crippen molar-refractivity contribution in [3.8, 4) is 0 Å². The minimum atomic E-state index is -4.37. The van der Waals surface area contributed by atoms with Crippen LogP contribution in [0.2, 0.25) is 0 Å². The van der Waals surface area contributed by atoms with Gasteiger partial charge in [-0.2, -0.15) is 13.2 Å². The summed E-state index contributed by atoms with van der Waals surface area (Å²) in [6.45, 7) is 5.86. The van der Waals surface area contributed by atoms with Gasteiger partial charge in [0.25, 0.3) is 0 Å². The Bertz CT molecular complexity index is 576. The number of amides is 1. The van der Waals surface area contributed by atoms with Crippen molar-refractivity contribution in [3.05, 3.63) is 35.4 Å². The van der Waals surface area contributed by atoms with E-state index < -0.39 is 17.3 Å². The van der Waals surface area contributed by atoms with Crippen molar-refractivity contribution in [2.75, 3.05) is 32.8 Å². The van der Waals surface area contributed by atoms with E-state index in [-0.39, 0.29) is 18.5 Å². The highest BCUT2D eigenvalue weighted by Gasteiger charge is 2.31. The van der Waals surface area contributed by atoms with E-state index >= 15 is 0 Å². The molecule has 1 unspecified atom stereocenters. The first-order valence-electron chi connectivity index (χ1n) is 8.15. The SMILES string of the molecule is CC(C)(N)C(=O)NCC(c1ccc(C(F)(F)F)cc1)N1CCOCC1. The number of hydrogen-bond acceptors (Lipinski definition) is 4. The van der Waals surface area contributed by atoms with E-state index in [2.05, 4.69) is 10.2 Å². The molecule has 1 saturated heterocycles. The van der Waals surface area contributed by atoms with E-state index in [1.165, 1.54) is 12.1 Å². The van der Waals surface area contributed by atoms with Gasteiger partial charge in [-0.25, -0.2) is 0 Å². The Labute approximate surface area is 145 Å². The third-order valence-electron chi connectivity index (χ3n) is 4.15. The number of nitrogens with one attached hydrogen (secondary N) is 1. The monoisotopic (exact) mass is 359 g/mol. The molecule has 1 aliphatic rings. The van der Waals surface area contributed by atoms with E-state index in [4.69, 9.17) is 10.5 Å². The van der Waals surface area contributed by atoms with Crippen LogP contribution in [0.25, 0.3) is 0 Å². The van der Waals surface area contributed by atoms with E-state index in [0.29, 0.717) is 31.9 Å². The molecule has 5 nitrogen and oxygen atoms in total. The van der Waals surface area contributed by atoms with Crippen molar-refractivity contribution >= 4 is 5.91 Å². The molecule has 1 fully saturated rings. The second-order valence-corrected chi connectivity index (χ2v) is 6.72. The zero-order chi connectivity index (χ0) is 18.7. The van der Waals surface area contributed by atoms with Gasteiger partial charge in [0.15, 0.2) is 0 Å². The summed E-state index contributed by atoms with van der Waals surface area (Å²) >= 11 is 0. The molecule has 140 valence electrons. The van der Waals surface area contributed by atoms with Crippen LogP contribution in [0.15, 0.2) is 24.3 Å². The lowest BCUT2D eigenvalue weighted by Crippen LogP contribution is -2.51. The number of nitrogens with two attached hydrogens (primary N) is 1. The summed E-state index contributed by atoms with van der Waals surface area (Å²) in [6, 6.07) is 4.82. The molecule has 0 spiro atoms. The molecule has 8 heteroatoms. The molecule has 0 aliphatic carbocycles. The fraction of sp³-hybridized carbons (Fsp3) is 0.588. The summed E-state index contributed by atoms with van der Waals surface area (Å²) in [5, 5.41) is 2.79. The van der Waals surface area contributed by atoms with Gasteiger partial charge in [0.1, 0.15) is 0 Å². The Kier molecular flexibility index (Phi) is 6.08. The largest absolute Gasteiger partial charge is 0.416 e. The summed E-state index contributed by atoms with van der Waals surface area (Å²) < 4.78 is 43.6. The van der Waals surface area contributed by atoms with E-state index in [1.807, 2.05) is 0 Å². The average Bonchev–Trinajstić information content (AvgIpc) is 2.54. The highest BCUT2D eigenvalue weighted by Crippen LogP contribution is 2.31. The Morgan fingerprint density at radius 1 is 1.24 bits per heavy atom. The van der Waals surface area contributed by atoms with Gasteiger partial charge in [0.05, 0.1) is 30.4 Å². The van der Waals surface area contributed by atoms with Crippen LogP contribution in [-0.4, -0.2) is 49.2 Å². The first-order valence-corrected chi connectivity index (χ1v) is 8.15. The topological polar surface area (TPSA) is 67.6 Å². The van der Waals surface area contributed by atoms with Crippen LogP contribution >= 0.6 is 0 Å². The molecule has 3 N–H and O–H groups in total. The van der Waals surface area contributed by atoms with Crippen molar-refractivity contribution in [3.63, 3.8) is 0 Å². The van der Waals surface area contributed by atoms with E-state index in [0.717, 1.165) is 12.1 Å². The molecule has 2 rings (SSSR count). The number of hydrogen-bond donors (Lipinski definition) is 2. The predicted octanol–water partition coefficient (Wildman–Crippen LogP) is 1.93. The van der Waals surface area contributed by atoms with Crippen molar-refractivity contribution in [1.29, 1.82) is 0 Å². The zero-order valence-electron chi connectivity index (χ0n) is 14.4. The van der Waals surface area contributed by atoms with Crippen LogP contribution in [0.5, 0.6) is 0 Å². The first kappa shape index (κ1) is 19.7. The second kappa shape index (κ2) is 7.72. The van der Waals surface area contributed by atoms with Crippen LogP contribution in [0, 0.1) is 0 Å². The second-order valence-electron chi connectivity index (χ2n) is 6.72. The third kappa shape index (κ3) is 5.42. The lowest BCUT2D eigenvalue weighted by Gasteiger charge is -2.35. The highest BCUT2D eigenvalue weighted by molar-refractivity contribution is 5.85. The Morgan fingerprint density at radius 3 is 2.28 bits per heavy atom.